The molecule has 0 aromatic heterocycles. The first kappa shape index (κ1) is 15.6. The second kappa shape index (κ2) is 8.58. The minimum absolute atomic E-state index is 0.602. The quantitative estimate of drug-likeness (QED) is 0.597. The molecule has 0 aliphatic heterocycles. The van der Waals surface area contributed by atoms with Crippen molar-refractivity contribution >= 4 is 31.9 Å². The summed E-state index contributed by atoms with van der Waals surface area (Å²) < 4.78 is 7.65. The minimum Gasteiger partial charge on any atom is -0.490 e. The van der Waals surface area contributed by atoms with Gasteiger partial charge in [0.2, 0.25) is 0 Å². The van der Waals surface area contributed by atoms with Crippen molar-refractivity contribution in [3.63, 3.8) is 0 Å². The third kappa shape index (κ3) is 5.01. The van der Waals surface area contributed by atoms with Gasteiger partial charge in [0.05, 0.1) is 15.6 Å². The summed E-state index contributed by atoms with van der Waals surface area (Å²) in [4.78, 5) is 0. The zero-order valence-corrected chi connectivity index (χ0v) is 13.8. The van der Waals surface area contributed by atoms with E-state index in [1.54, 1.807) is 0 Å². The second-order valence-electron chi connectivity index (χ2n) is 3.69. The van der Waals surface area contributed by atoms with Gasteiger partial charge in [0.25, 0.3) is 0 Å². The highest BCUT2D eigenvalue weighted by Gasteiger charge is 2.08. The third-order valence-electron chi connectivity index (χ3n) is 2.29. The lowest BCUT2D eigenvalue weighted by Gasteiger charge is -2.11. The number of ether oxygens (including phenoxy) is 1. The number of halogens is 2. The second-order valence-corrected chi connectivity index (χ2v) is 5.40. The summed E-state index contributed by atoms with van der Waals surface area (Å²) in [6, 6.07) is 4.16. The van der Waals surface area contributed by atoms with Gasteiger partial charge in [-0.2, -0.15) is 0 Å². The Kier molecular flexibility index (Phi) is 7.41. The maximum atomic E-state index is 5.71. The van der Waals surface area contributed by atoms with Gasteiger partial charge in [-0.25, -0.2) is 0 Å². The van der Waals surface area contributed by atoms with E-state index in [0.29, 0.717) is 6.61 Å². The van der Waals surface area contributed by atoms with Gasteiger partial charge in [0, 0.05) is 13.0 Å². The van der Waals surface area contributed by atoms with Crippen LogP contribution in [0.25, 0.3) is 0 Å². The van der Waals surface area contributed by atoms with Gasteiger partial charge in [-0.05, 0) is 63.0 Å². The van der Waals surface area contributed by atoms with Crippen molar-refractivity contribution in [3.8, 4) is 17.6 Å². The van der Waals surface area contributed by atoms with Crippen LogP contribution in [0.3, 0.4) is 0 Å². The van der Waals surface area contributed by atoms with Crippen LogP contribution >= 0.6 is 31.9 Å². The number of nitrogens with one attached hydrogen (secondary N) is 1. The van der Waals surface area contributed by atoms with E-state index in [-0.39, 0.29) is 0 Å². The average Bonchev–Trinajstić information content (AvgIpc) is 2.34. The monoisotopic (exact) mass is 373 g/mol. The molecule has 0 aliphatic rings. The lowest BCUT2D eigenvalue weighted by atomic mass is 10.2. The first-order valence-electron chi connectivity index (χ1n) is 5.90. The van der Waals surface area contributed by atoms with Crippen molar-refractivity contribution < 1.29 is 4.74 Å². The first-order valence-corrected chi connectivity index (χ1v) is 7.48. The summed E-state index contributed by atoms with van der Waals surface area (Å²) in [7, 11) is 0. The van der Waals surface area contributed by atoms with Gasteiger partial charge >= 0.3 is 0 Å². The summed E-state index contributed by atoms with van der Waals surface area (Å²) in [5, 5.41) is 3.30. The third-order valence-corrected chi connectivity index (χ3v) is 3.47. The predicted octanol–water partition coefficient (Wildman–Crippen LogP) is 4.11. The number of hydrogen-bond donors (Lipinski definition) is 1. The molecule has 1 aromatic carbocycles. The van der Waals surface area contributed by atoms with Crippen LogP contribution in [-0.4, -0.2) is 13.2 Å². The molecule has 0 radical (unpaired) electrons. The Morgan fingerprint density at radius 1 is 1.28 bits per heavy atom. The maximum Gasteiger partial charge on any atom is 0.147 e. The summed E-state index contributed by atoms with van der Waals surface area (Å²) in [6.07, 6.45) is 0.745. The number of benzene rings is 1. The first-order chi connectivity index (χ1) is 8.69. The molecule has 1 aromatic rings. The molecule has 0 fully saturated rings. The van der Waals surface area contributed by atoms with Gasteiger partial charge in [0.1, 0.15) is 5.75 Å². The summed E-state index contributed by atoms with van der Waals surface area (Å²) in [5.41, 5.74) is 1.22. The van der Waals surface area contributed by atoms with Crippen molar-refractivity contribution in [2.24, 2.45) is 0 Å². The van der Waals surface area contributed by atoms with Gasteiger partial charge in [-0.3, -0.25) is 0 Å². The van der Waals surface area contributed by atoms with E-state index in [1.807, 2.05) is 6.92 Å². The molecule has 0 saturated carbocycles. The molecule has 0 aliphatic carbocycles. The van der Waals surface area contributed by atoms with Crippen LogP contribution in [0.1, 0.15) is 25.8 Å². The fraction of sp³-hybridized carbons (Fsp3) is 0.429. The zero-order chi connectivity index (χ0) is 13.4. The minimum atomic E-state index is 0.602. The molecule has 1 rings (SSSR count). The van der Waals surface area contributed by atoms with E-state index in [9.17, 15) is 0 Å². The molecule has 4 heteroatoms. The molecule has 0 atom stereocenters. The fourth-order valence-corrected chi connectivity index (χ4v) is 2.96. The Hall–Kier alpha value is -0.500. The smallest absolute Gasteiger partial charge is 0.147 e. The van der Waals surface area contributed by atoms with Crippen molar-refractivity contribution in [3.05, 3.63) is 26.6 Å². The predicted molar refractivity (Wildman–Crippen MR) is 82.8 cm³/mol. The SMILES string of the molecule is CC#CCCOc1c(Br)cc(CNCC)cc1Br. The Balaban J connectivity index is 2.70. The van der Waals surface area contributed by atoms with Crippen LogP contribution in [0.2, 0.25) is 0 Å². The van der Waals surface area contributed by atoms with E-state index in [4.69, 9.17) is 4.74 Å². The van der Waals surface area contributed by atoms with E-state index in [0.717, 1.165) is 34.2 Å². The highest BCUT2D eigenvalue weighted by molar-refractivity contribution is 9.11. The van der Waals surface area contributed by atoms with E-state index in [2.05, 4.69) is 68.1 Å². The van der Waals surface area contributed by atoms with Crippen molar-refractivity contribution in [2.75, 3.05) is 13.2 Å². The summed E-state index contributed by atoms with van der Waals surface area (Å²) in [5.74, 6) is 6.68. The summed E-state index contributed by atoms with van der Waals surface area (Å²) >= 11 is 7.08. The lowest BCUT2D eigenvalue weighted by molar-refractivity contribution is 0.323. The van der Waals surface area contributed by atoms with Crippen LogP contribution < -0.4 is 10.1 Å². The molecule has 98 valence electrons. The highest BCUT2D eigenvalue weighted by atomic mass is 79.9. The Morgan fingerprint density at radius 2 is 1.94 bits per heavy atom. The van der Waals surface area contributed by atoms with Crippen LogP contribution in [0.15, 0.2) is 21.1 Å². The van der Waals surface area contributed by atoms with E-state index >= 15 is 0 Å². The van der Waals surface area contributed by atoms with Gasteiger partial charge < -0.3 is 10.1 Å². The van der Waals surface area contributed by atoms with E-state index in [1.165, 1.54) is 5.56 Å². The molecule has 0 amide bonds. The standard InChI is InChI=1S/C14H17Br2NO/c1-3-5-6-7-18-14-12(15)8-11(9-13(14)16)10-17-4-2/h8-9,17H,4,6-7,10H2,1-2H3. The molecule has 0 unspecified atom stereocenters. The normalized spacial score (nSPS) is 9.78. The van der Waals surface area contributed by atoms with Crippen LogP contribution in [-0.2, 0) is 6.54 Å². The maximum absolute atomic E-state index is 5.71. The average molecular weight is 375 g/mol. The summed E-state index contributed by atoms with van der Waals surface area (Å²) in [6.45, 7) is 6.35. The van der Waals surface area contributed by atoms with Gasteiger partial charge in [0.15, 0.2) is 0 Å². The van der Waals surface area contributed by atoms with Crippen molar-refractivity contribution in [1.29, 1.82) is 0 Å². The van der Waals surface area contributed by atoms with Crippen LogP contribution in [0, 0.1) is 11.8 Å². The molecule has 2 nitrogen and oxygen atoms in total. The largest absolute Gasteiger partial charge is 0.490 e. The topological polar surface area (TPSA) is 21.3 Å². The molecule has 0 heterocycles. The highest BCUT2D eigenvalue weighted by Crippen LogP contribution is 2.34. The molecule has 1 N–H and O–H groups in total. The molecule has 0 bridgehead atoms. The lowest BCUT2D eigenvalue weighted by Crippen LogP contribution is -2.11. The Labute approximate surface area is 126 Å². The van der Waals surface area contributed by atoms with Crippen molar-refractivity contribution in [2.45, 2.75) is 26.8 Å². The van der Waals surface area contributed by atoms with E-state index < -0.39 is 0 Å². The van der Waals surface area contributed by atoms with Crippen LogP contribution in [0.5, 0.6) is 5.75 Å². The van der Waals surface area contributed by atoms with Gasteiger partial charge in [-0.1, -0.05) is 6.92 Å². The van der Waals surface area contributed by atoms with Crippen molar-refractivity contribution in [1.82, 2.24) is 5.32 Å². The fourth-order valence-electron chi connectivity index (χ4n) is 1.45. The van der Waals surface area contributed by atoms with Gasteiger partial charge in [-0.15, -0.1) is 11.8 Å². The molecule has 0 saturated heterocycles. The number of rotatable bonds is 6. The van der Waals surface area contributed by atoms with Crippen LogP contribution in [0.4, 0.5) is 0 Å². The Morgan fingerprint density at radius 3 is 2.50 bits per heavy atom. The number of hydrogen-bond acceptors (Lipinski definition) is 2. The Bertz CT molecular complexity index is 426. The molecule has 18 heavy (non-hydrogen) atoms. The molecular weight excluding hydrogens is 358 g/mol. The molecule has 0 spiro atoms. The molecular formula is C14H17Br2NO. The zero-order valence-electron chi connectivity index (χ0n) is 10.6.